The molecule has 1 amide bonds. The quantitative estimate of drug-likeness (QED) is 0.831. The van der Waals surface area contributed by atoms with E-state index in [1.54, 1.807) is 4.90 Å². The van der Waals surface area contributed by atoms with Gasteiger partial charge in [0.15, 0.2) is 6.10 Å². The highest BCUT2D eigenvalue weighted by Crippen LogP contribution is 2.23. The Balaban J connectivity index is 1.90. The maximum atomic E-state index is 12.5. The van der Waals surface area contributed by atoms with Crippen LogP contribution >= 0.6 is 0 Å². The van der Waals surface area contributed by atoms with Crippen molar-refractivity contribution >= 4 is 11.9 Å². The molecule has 0 aromatic rings. The van der Waals surface area contributed by atoms with Gasteiger partial charge in [-0.05, 0) is 19.3 Å². The number of carboxylic acids is 1. The summed E-state index contributed by atoms with van der Waals surface area (Å²) in [5, 5.41) is 9.00. The average Bonchev–Trinajstić information content (AvgIpc) is 2.53. The first-order valence-corrected chi connectivity index (χ1v) is 7.90. The van der Waals surface area contributed by atoms with Gasteiger partial charge in [0.05, 0.1) is 19.3 Å². The topological polar surface area (TPSA) is 76.1 Å². The summed E-state index contributed by atoms with van der Waals surface area (Å²) in [4.78, 5) is 25.1. The van der Waals surface area contributed by atoms with Crippen LogP contribution in [0.15, 0.2) is 0 Å². The molecule has 6 nitrogen and oxygen atoms in total. The maximum Gasteiger partial charge on any atom is 0.334 e. The van der Waals surface area contributed by atoms with E-state index in [0.717, 1.165) is 25.7 Å². The van der Waals surface area contributed by atoms with Gasteiger partial charge >= 0.3 is 5.97 Å². The lowest BCUT2D eigenvalue weighted by molar-refractivity contribution is -0.165. The van der Waals surface area contributed by atoms with Crippen molar-refractivity contribution < 1.29 is 24.2 Å². The molecule has 1 aliphatic carbocycles. The van der Waals surface area contributed by atoms with Crippen LogP contribution in [0.1, 0.15) is 45.4 Å². The number of nitrogens with zero attached hydrogens (tertiary/aromatic N) is 1. The van der Waals surface area contributed by atoms with Gasteiger partial charge in [-0.15, -0.1) is 0 Å². The molecule has 1 N–H and O–H groups in total. The van der Waals surface area contributed by atoms with Gasteiger partial charge in [-0.25, -0.2) is 4.79 Å². The molecule has 1 aliphatic heterocycles. The molecule has 0 spiro atoms. The Bertz CT molecular complexity index is 367. The fourth-order valence-corrected chi connectivity index (χ4v) is 2.97. The Kier molecular flexibility index (Phi) is 5.99. The first-order chi connectivity index (χ1) is 10.1. The second-order valence-corrected chi connectivity index (χ2v) is 5.77. The van der Waals surface area contributed by atoms with Gasteiger partial charge in [-0.2, -0.15) is 0 Å². The molecule has 1 saturated heterocycles. The summed E-state index contributed by atoms with van der Waals surface area (Å²) < 4.78 is 11.1. The van der Waals surface area contributed by atoms with Crippen LogP contribution in [0.4, 0.5) is 0 Å². The molecule has 2 rings (SSSR count). The van der Waals surface area contributed by atoms with Gasteiger partial charge in [-0.1, -0.05) is 26.2 Å². The third-order valence-corrected chi connectivity index (χ3v) is 4.21. The van der Waals surface area contributed by atoms with Crippen molar-refractivity contribution in [2.24, 2.45) is 0 Å². The van der Waals surface area contributed by atoms with Gasteiger partial charge in [0.1, 0.15) is 6.10 Å². The third kappa shape index (κ3) is 4.41. The fraction of sp³-hybridized carbons (Fsp3) is 0.867. The number of hydrogen-bond acceptors (Lipinski definition) is 4. The Labute approximate surface area is 125 Å². The van der Waals surface area contributed by atoms with Crippen LogP contribution in [0, 0.1) is 0 Å². The highest BCUT2D eigenvalue weighted by atomic mass is 16.5. The second kappa shape index (κ2) is 7.75. The largest absolute Gasteiger partial charge is 0.479 e. The third-order valence-electron chi connectivity index (χ3n) is 4.21. The minimum absolute atomic E-state index is 0.0994. The molecule has 0 aromatic carbocycles. The number of carboxylic acid groups (broad SMARTS) is 1. The lowest BCUT2D eigenvalue weighted by Crippen LogP contribution is -2.52. The monoisotopic (exact) mass is 299 g/mol. The number of rotatable bonds is 5. The van der Waals surface area contributed by atoms with Crippen molar-refractivity contribution in [3.05, 3.63) is 0 Å². The summed E-state index contributed by atoms with van der Waals surface area (Å²) in [7, 11) is 0. The Morgan fingerprint density at radius 2 is 2.05 bits per heavy atom. The van der Waals surface area contributed by atoms with Crippen LogP contribution in [0.5, 0.6) is 0 Å². The molecule has 6 heteroatoms. The van der Waals surface area contributed by atoms with E-state index in [0.29, 0.717) is 13.0 Å². The molecule has 2 aliphatic rings. The molecule has 1 heterocycles. The highest BCUT2D eigenvalue weighted by Gasteiger charge is 2.33. The minimum Gasteiger partial charge on any atom is -0.479 e. The van der Waals surface area contributed by atoms with Crippen LogP contribution in [0.3, 0.4) is 0 Å². The molecule has 2 fully saturated rings. The SMILES string of the molecule is CC[C@H](OC1CCCCC1)C(=O)N1CCO[C@H](C(=O)O)C1. The number of carbonyl (C=O) groups is 2. The predicted octanol–water partition coefficient (Wildman–Crippen LogP) is 1.43. The van der Waals surface area contributed by atoms with E-state index in [1.165, 1.54) is 6.42 Å². The summed E-state index contributed by atoms with van der Waals surface area (Å²) >= 11 is 0. The van der Waals surface area contributed by atoms with Crippen molar-refractivity contribution in [3.8, 4) is 0 Å². The Morgan fingerprint density at radius 3 is 2.67 bits per heavy atom. The lowest BCUT2D eigenvalue weighted by Gasteiger charge is -2.34. The van der Waals surface area contributed by atoms with Crippen molar-refractivity contribution in [1.82, 2.24) is 4.90 Å². The number of ether oxygens (including phenoxy) is 2. The average molecular weight is 299 g/mol. The van der Waals surface area contributed by atoms with E-state index in [1.807, 2.05) is 6.92 Å². The summed E-state index contributed by atoms with van der Waals surface area (Å²) in [6.45, 7) is 2.74. The van der Waals surface area contributed by atoms with E-state index in [-0.39, 0.29) is 25.2 Å². The molecule has 1 saturated carbocycles. The van der Waals surface area contributed by atoms with Crippen LogP contribution < -0.4 is 0 Å². The molecular formula is C15H25NO5. The number of aliphatic carboxylic acids is 1. The standard InChI is InChI=1S/C15H25NO5/c1-2-12(21-11-6-4-3-5-7-11)14(17)16-8-9-20-13(10-16)15(18)19/h11-13H,2-10H2,1H3,(H,18,19)/t12-,13-/m0/s1. The summed E-state index contributed by atoms with van der Waals surface area (Å²) in [6, 6.07) is 0. The fourth-order valence-electron chi connectivity index (χ4n) is 2.97. The van der Waals surface area contributed by atoms with Gasteiger partial charge in [0, 0.05) is 6.54 Å². The number of hydrogen-bond donors (Lipinski definition) is 1. The zero-order valence-corrected chi connectivity index (χ0v) is 12.6. The van der Waals surface area contributed by atoms with Gasteiger partial charge in [0.25, 0.3) is 5.91 Å². The van der Waals surface area contributed by atoms with Crippen LogP contribution in [-0.4, -0.2) is 59.9 Å². The summed E-state index contributed by atoms with van der Waals surface area (Å²) in [6.07, 6.45) is 5.01. The van der Waals surface area contributed by atoms with Gasteiger partial charge < -0.3 is 19.5 Å². The molecule has 120 valence electrons. The Morgan fingerprint density at radius 1 is 1.33 bits per heavy atom. The zero-order chi connectivity index (χ0) is 15.2. The van der Waals surface area contributed by atoms with Gasteiger partial charge in [0.2, 0.25) is 0 Å². The van der Waals surface area contributed by atoms with Crippen molar-refractivity contribution in [3.63, 3.8) is 0 Å². The van der Waals surface area contributed by atoms with Crippen LogP contribution in [-0.2, 0) is 19.1 Å². The zero-order valence-electron chi connectivity index (χ0n) is 12.6. The minimum atomic E-state index is -1.02. The maximum absolute atomic E-state index is 12.5. The molecule has 0 aromatic heterocycles. The predicted molar refractivity (Wildman–Crippen MR) is 76.0 cm³/mol. The van der Waals surface area contributed by atoms with Crippen molar-refractivity contribution in [2.45, 2.75) is 63.8 Å². The summed E-state index contributed by atoms with van der Waals surface area (Å²) in [5.41, 5.74) is 0. The van der Waals surface area contributed by atoms with E-state index >= 15 is 0 Å². The number of amides is 1. The van der Waals surface area contributed by atoms with E-state index in [9.17, 15) is 9.59 Å². The smallest absolute Gasteiger partial charge is 0.334 e. The van der Waals surface area contributed by atoms with E-state index in [2.05, 4.69) is 0 Å². The molecule has 0 bridgehead atoms. The second-order valence-electron chi connectivity index (χ2n) is 5.77. The molecular weight excluding hydrogens is 274 g/mol. The molecule has 2 atom stereocenters. The van der Waals surface area contributed by atoms with E-state index < -0.39 is 18.2 Å². The number of carbonyl (C=O) groups excluding carboxylic acids is 1. The molecule has 0 radical (unpaired) electrons. The first-order valence-electron chi connectivity index (χ1n) is 7.90. The lowest BCUT2D eigenvalue weighted by atomic mass is 9.97. The number of morpholine rings is 1. The normalized spacial score (nSPS) is 25.6. The van der Waals surface area contributed by atoms with E-state index in [4.69, 9.17) is 14.6 Å². The van der Waals surface area contributed by atoms with Crippen LogP contribution in [0.2, 0.25) is 0 Å². The Hall–Kier alpha value is -1.14. The van der Waals surface area contributed by atoms with Crippen LogP contribution in [0.25, 0.3) is 0 Å². The molecule has 21 heavy (non-hydrogen) atoms. The van der Waals surface area contributed by atoms with Crippen molar-refractivity contribution in [1.29, 1.82) is 0 Å². The van der Waals surface area contributed by atoms with Crippen molar-refractivity contribution in [2.75, 3.05) is 19.7 Å². The molecule has 0 unspecified atom stereocenters. The first kappa shape index (κ1) is 16.2. The summed E-state index contributed by atoms with van der Waals surface area (Å²) in [5.74, 6) is -1.12. The highest BCUT2D eigenvalue weighted by molar-refractivity contribution is 5.82. The van der Waals surface area contributed by atoms with Gasteiger partial charge in [-0.3, -0.25) is 4.79 Å².